The molecule has 0 spiro atoms. The van der Waals surface area contributed by atoms with Crippen LogP contribution < -0.4 is 5.32 Å². The fourth-order valence-electron chi connectivity index (χ4n) is 2.28. The van der Waals surface area contributed by atoms with Crippen molar-refractivity contribution in [2.45, 2.75) is 32.7 Å². The van der Waals surface area contributed by atoms with Crippen molar-refractivity contribution in [1.82, 2.24) is 10.3 Å². The number of aromatic nitrogens is 1. The van der Waals surface area contributed by atoms with Gasteiger partial charge in [0, 0.05) is 10.9 Å². The molecule has 25 heavy (non-hydrogen) atoms. The van der Waals surface area contributed by atoms with Gasteiger partial charge in [0.05, 0.1) is 22.2 Å². The molecular formula is C17H18Cl2N2O3S. The van der Waals surface area contributed by atoms with Crippen LogP contribution >= 0.6 is 34.5 Å². The highest BCUT2D eigenvalue weighted by molar-refractivity contribution is 7.13. The number of carboxylic acids is 1. The Morgan fingerprint density at radius 2 is 1.96 bits per heavy atom. The van der Waals surface area contributed by atoms with Gasteiger partial charge in [-0.1, -0.05) is 49.5 Å². The minimum atomic E-state index is -1.04. The van der Waals surface area contributed by atoms with Gasteiger partial charge in [0.25, 0.3) is 0 Å². The number of aliphatic carboxylic acids is 1. The third-order valence-corrected chi connectivity index (χ3v) is 5.40. The van der Waals surface area contributed by atoms with Crippen molar-refractivity contribution in [3.8, 4) is 10.6 Å². The standard InChI is InChI=1S/C17H18Cl2N2O3S/c1-3-9(2)15(17(23)24)21-13(22)7-10-8-25-16(20-10)14-11(18)5-4-6-12(14)19/h4-6,8-9,15H,3,7H2,1-2H3,(H,21,22)(H,23,24)/t9-,15-/m0/s1. The summed E-state index contributed by atoms with van der Waals surface area (Å²) in [5, 5.41) is 15.1. The van der Waals surface area contributed by atoms with Gasteiger partial charge < -0.3 is 10.4 Å². The van der Waals surface area contributed by atoms with Crippen LogP contribution in [0.4, 0.5) is 0 Å². The topological polar surface area (TPSA) is 79.3 Å². The van der Waals surface area contributed by atoms with E-state index in [0.717, 1.165) is 0 Å². The molecule has 2 aromatic rings. The maximum Gasteiger partial charge on any atom is 0.326 e. The van der Waals surface area contributed by atoms with Crippen molar-refractivity contribution in [3.63, 3.8) is 0 Å². The van der Waals surface area contributed by atoms with Crippen molar-refractivity contribution in [3.05, 3.63) is 39.3 Å². The number of carboxylic acid groups (broad SMARTS) is 1. The molecule has 1 amide bonds. The summed E-state index contributed by atoms with van der Waals surface area (Å²) < 4.78 is 0. The summed E-state index contributed by atoms with van der Waals surface area (Å²) >= 11 is 13.7. The number of carbonyl (C=O) groups is 2. The molecule has 0 saturated carbocycles. The van der Waals surface area contributed by atoms with Gasteiger partial charge in [-0.05, 0) is 18.1 Å². The van der Waals surface area contributed by atoms with E-state index in [1.54, 1.807) is 30.5 Å². The molecule has 1 heterocycles. The zero-order valence-electron chi connectivity index (χ0n) is 13.8. The van der Waals surface area contributed by atoms with Crippen molar-refractivity contribution in [1.29, 1.82) is 0 Å². The molecule has 0 saturated heterocycles. The van der Waals surface area contributed by atoms with Gasteiger partial charge in [-0.15, -0.1) is 11.3 Å². The molecule has 0 aliphatic rings. The molecule has 0 fully saturated rings. The number of rotatable bonds is 7. The van der Waals surface area contributed by atoms with Gasteiger partial charge in [-0.25, -0.2) is 9.78 Å². The first kappa shape index (κ1) is 19.7. The molecule has 2 N–H and O–H groups in total. The van der Waals surface area contributed by atoms with E-state index in [2.05, 4.69) is 10.3 Å². The largest absolute Gasteiger partial charge is 0.480 e. The van der Waals surface area contributed by atoms with E-state index < -0.39 is 12.0 Å². The van der Waals surface area contributed by atoms with Crippen LogP contribution in [0, 0.1) is 5.92 Å². The molecule has 0 unspecified atom stereocenters. The molecule has 1 aromatic carbocycles. The Bertz CT molecular complexity index is 759. The summed E-state index contributed by atoms with van der Waals surface area (Å²) in [4.78, 5) is 27.9. The van der Waals surface area contributed by atoms with Crippen molar-refractivity contribution in [2.75, 3.05) is 0 Å². The van der Waals surface area contributed by atoms with E-state index in [9.17, 15) is 14.7 Å². The highest BCUT2D eigenvalue weighted by Crippen LogP contribution is 2.36. The van der Waals surface area contributed by atoms with Gasteiger partial charge in [-0.3, -0.25) is 4.79 Å². The molecule has 134 valence electrons. The van der Waals surface area contributed by atoms with Crippen LogP contribution in [0.3, 0.4) is 0 Å². The summed E-state index contributed by atoms with van der Waals surface area (Å²) in [6.07, 6.45) is 0.655. The second-order valence-electron chi connectivity index (χ2n) is 5.69. The first-order valence-electron chi connectivity index (χ1n) is 7.74. The van der Waals surface area contributed by atoms with Gasteiger partial charge in [0.2, 0.25) is 5.91 Å². The fraction of sp³-hybridized carbons (Fsp3) is 0.353. The lowest BCUT2D eigenvalue weighted by molar-refractivity contribution is -0.143. The molecule has 5 nitrogen and oxygen atoms in total. The van der Waals surface area contributed by atoms with Gasteiger partial charge >= 0.3 is 5.97 Å². The first-order valence-corrected chi connectivity index (χ1v) is 9.38. The smallest absolute Gasteiger partial charge is 0.326 e. The van der Waals surface area contributed by atoms with Crippen molar-refractivity contribution >= 4 is 46.4 Å². The Morgan fingerprint density at radius 3 is 2.52 bits per heavy atom. The zero-order chi connectivity index (χ0) is 18.6. The normalized spacial score (nSPS) is 13.3. The number of thiazole rings is 1. The van der Waals surface area contributed by atoms with E-state index in [-0.39, 0.29) is 18.2 Å². The number of hydrogen-bond acceptors (Lipinski definition) is 4. The molecule has 0 bridgehead atoms. The minimum absolute atomic E-state index is 0.00120. The maximum atomic E-state index is 12.2. The molecule has 2 rings (SSSR count). The van der Waals surface area contributed by atoms with Crippen LogP contribution in [0.5, 0.6) is 0 Å². The Hall–Kier alpha value is -1.63. The monoisotopic (exact) mass is 400 g/mol. The maximum absolute atomic E-state index is 12.2. The lowest BCUT2D eigenvalue weighted by atomic mass is 9.99. The minimum Gasteiger partial charge on any atom is -0.480 e. The SMILES string of the molecule is CC[C@H](C)[C@H](NC(=O)Cc1csc(-c2c(Cl)cccc2Cl)n1)C(=O)O. The predicted octanol–water partition coefficient (Wildman–Crippen LogP) is 4.27. The Balaban J connectivity index is 2.11. The number of amides is 1. The predicted molar refractivity (Wildman–Crippen MR) is 100 cm³/mol. The van der Waals surface area contributed by atoms with Gasteiger partial charge in [-0.2, -0.15) is 0 Å². The molecule has 0 radical (unpaired) electrons. The number of nitrogens with zero attached hydrogens (tertiary/aromatic N) is 1. The molecule has 0 aliphatic heterocycles. The van der Waals surface area contributed by atoms with Crippen LogP contribution in [-0.4, -0.2) is 28.0 Å². The second kappa shape index (κ2) is 8.65. The van der Waals surface area contributed by atoms with Gasteiger partial charge in [0.15, 0.2) is 0 Å². The highest BCUT2D eigenvalue weighted by Gasteiger charge is 2.25. The number of hydrogen-bond donors (Lipinski definition) is 2. The average molecular weight is 401 g/mol. The number of benzene rings is 1. The van der Waals surface area contributed by atoms with Crippen LogP contribution in [0.2, 0.25) is 10.0 Å². The van der Waals surface area contributed by atoms with E-state index in [1.807, 2.05) is 6.92 Å². The van der Waals surface area contributed by atoms with Crippen LogP contribution in [0.15, 0.2) is 23.6 Å². The Morgan fingerprint density at radius 1 is 1.32 bits per heavy atom. The third-order valence-electron chi connectivity index (χ3n) is 3.87. The Labute approximate surface area is 160 Å². The molecule has 8 heteroatoms. The highest BCUT2D eigenvalue weighted by atomic mass is 35.5. The fourth-order valence-corrected chi connectivity index (χ4v) is 3.86. The average Bonchev–Trinajstić information content (AvgIpc) is 2.99. The number of carbonyl (C=O) groups excluding carboxylic acids is 1. The van der Waals surface area contributed by atoms with E-state index >= 15 is 0 Å². The van der Waals surface area contributed by atoms with Crippen molar-refractivity contribution in [2.24, 2.45) is 5.92 Å². The summed E-state index contributed by atoms with van der Waals surface area (Å²) in [6.45, 7) is 3.67. The first-order chi connectivity index (χ1) is 11.8. The zero-order valence-corrected chi connectivity index (χ0v) is 16.1. The summed E-state index contributed by atoms with van der Waals surface area (Å²) in [5.74, 6) is -1.58. The third kappa shape index (κ3) is 4.93. The summed E-state index contributed by atoms with van der Waals surface area (Å²) in [6, 6.07) is 4.28. The van der Waals surface area contributed by atoms with E-state index in [1.165, 1.54) is 11.3 Å². The van der Waals surface area contributed by atoms with Crippen LogP contribution in [-0.2, 0) is 16.0 Å². The summed E-state index contributed by atoms with van der Waals surface area (Å²) in [7, 11) is 0. The molecule has 1 aromatic heterocycles. The second-order valence-corrected chi connectivity index (χ2v) is 7.36. The molecule has 2 atom stereocenters. The lowest BCUT2D eigenvalue weighted by Crippen LogP contribution is -2.45. The van der Waals surface area contributed by atoms with Gasteiger partial charge in [0.1, 0.15) is 11.0 Å². The molecule has 0 aliphatic carbocycles. The van der Waals surface area contributed by atoms with E-state index in [0.29, 0.717) is 32.7 Å². The number of halogens is 2. The Kier molecular flexibility index (Phi) is 6.81. The lowest BCUT2D eigenvalue weighted by Gasteiger charge is -2.19. The molecular weight excluding hydrogens is 383 g/mol. The summed E-state index contributed by atoms with van der Waals surface area (Å²) in [5.41, 5.74) is 1.17. The number of nitrogens with one attached hydrogen (secondary N) is 1. The van der Waals surface area contributed by atoms with E-state index in [4.69, 9.17) is 23.2 Å². The van der Waals surface area contributed by atoms with Crippen LogP contribution in [0.1, 0.15) is 26.0 Å². The van der Waals surface area contributed by atoms with Crippen LogP contribution in [0.25, 0.3) is 10.6 Å². The van der Waals surface area contributed by atoms with Crippen molar-refractivity contribution < 1.29 is 14.7 Å². The quantitative estimate of drug-likeness (QED) is 0.726.